The summed E-state index contributed by atoms with van der Waals surface area (Å²) in [6.07, 6.45) is 1.78. The predicted molar refractivity (Wildman–Crippen MR) is 160 cm³/mol. The second kappa shape index (κ2) is 13.2. The highest BCUT2D eigenvalue weighted by Gasteiger charge is 2.24. The molecule has 0 aliphatic carbocycles. The van der Waals surface area contributed by atoms with Crippen molar-refractivity contribution in [2.75, 3.05) is 55.5 Å². The number of rotatable bonds is 9. The fourth-order valence-electron chi connectivity index (χ4n) is 5.39. The Kier molecular flexibility index (Phi) is 9.17. The van der Waals surface area contributed by atoms with Crippen LogP contribution >= 0.6 is 0 Å². The zero-order valence-electron chi connectivity index (χ0n) is 23.6. The number of amidine groups is 1. The Morgan fingerprint density at radius 3 is 2.44 bits per heavy atom. The normalized spacial score (nSPS) is 16.4. The van der Waals surface area contributed by atoms with Crippen molar-refractivity contribution in [3.8, 4) is 0 Å². The Labute approximate surface area is 247 Å². The second-order valence-corrected chi connectivity index (χ2v) is 10.8. The molecule has 10 nitrogen and oxygen atoms in total. The van der Waals surface area contributed by atoms with Crippen molar-refractivity contribution in [2.24, 2.45) is 10.7 Å². The fraction of sp³-hybridized carbons (Fsp3) is 0.323. The molecule has 0 spiro atoms. The van der Waals surface area contributed by atoms with Crippen LogP contribution in [0, 0.1) is 11.6 Å². The van der Waals surface area contributed by atoms with Crippen LogP contribution < -0.4 is 21.7 Å². The first-order valence-corrected chi connectivity index (χ1v) is 14.0. The van der Waals surface area contributed by atoms with Gasteiger partial charge in [0.05, 0.1) is 18.8 Å². The minimum atomic E-state index is -0.880. The summed E-state index contributed by atoms with van der Waals surface area (Å²) in [5.41, 5.74) is 16.0. The van der Waals surface area contributed by atoms with Crippen molar-refractivity contribution in [1.82, 2.24) is 4.90 Å². The van der Waals surface area contributed by atoms with E-state index in [4.69, 9.17) is 21.3 Å². The zero-order chi connectivity index (χ0) is 30.5. The minimum absolute atomic E-state index is 0.0440. The number of halogens is 2. The molecule has 0 atom stereocenters. The van der Waals surface area contributed by atoms with E-state index >= 15 is 0 Å². The number of ether oxygens (including phenoxy) is 1. The van der Waals surface area contributed by atoms with Crippen LogP contribution in [-0.2, 0) is 16.0 Å². The lowest BCUT2D eigenvalue weighted by Crippen LogP contribution is -2.30. The Morgan fingerprint density at radius 2 is 1.72 bits per heavy atom. The number of carboxylic acids is 1. The van der Waals surface area contributed by atoms with Crippen molar-refractivity contribution in [1.29, 1.82) is 0 Å². The molecule has 0 unspecified atom stereocenters. The number of aliphatic imine (C=N–C) groups is 1. The van der Waals surface area contributed by atoms with Crippen LogP contribution in [0.3, 0.4) is 0 Å². The molecule has 2 saturated heterocycles. The van der Waals surface area contributed by atoms with Crippen LogP contribution in [0.4, 0.5) is 25.8 Å². The van der Waals surface area contributed by atoms with Gasteiger partial charge >= 0.3 is 5.97 Å². The smallest absolute Gasteiger partial charge is 0.317 e. The van der Waals surface area contributed by atoms with E-state index in [2.05, 4.69) is 15.2 Å². The second-order valence-electron chi connectivity index (χ2n) is 10.8. The van der Waals surface area contributed by atoms with Crippen LogP contribution in [0.25, 0.3) is 0 Å². The van der Waals surface area contributed by atoms with E-state index < -0.39 is 23.5 Å². The van der Waals surface area contributed by atoms with E-state index in [0.29, 0.717) is 66.6 Å². The maximum Gasteiger partial charge on any atom is 0.317 e. The Balaban J connectivity index is 1.40. The van der Waals surface area contributed by atoms with Gasteiger partial charge in [0.1, 0.15) is 17.5 Å². The summed E-state index contributed by atoms with van der Waals surface area (Å²) in [7, 11) is 0. The third-order valence-corrected chi connectivity index (χ3v) is 7.54. The van der Waals surface area contributed by atoms with Gasteiger partial charge < -0.3 is 31.5 Å². The van der Waals surface area contributed by atoms with E-state index in [-0.39, 0.29) is 24.8 Å². The maximum absolute atomic E-state index is 13.7. The number of carbonyl (C=O) groups excluding carboxylic acids is 1. The topological polar surface area (TPSA) is 147 Å². The molecule has 5 rings (SSSR count). The van der Waals surface area contributed by atoms with Gasteiger partial charge in [0.15, 0.2) is 0 Å². The first-order valence-electron chi connectivity index (χ1n) is 14.0. The van der Waals surface area contributed by atoms with Gasteiger partial charge in [-0.25, -0.2) is 8.78 Å². The first kappa shape index (κ1) is 29.9. The number of nitrogen functional groups attached to an aromatic ring is 1. The zero-order valence-corrected chi connectivity index (χ0v) is 23.6. The highest BCUT2D eigenvalue weighted by Crippen LogP contribution is 2.29. The van der Waals surface area contributed by atoms with Crippen molar-refractivity contribution in [3.05, 3.63) is 88.5 Å². The summed E-state index contributed by atoms with van der Waals surface area (Å²) < 4.78 is 32.9. The third kappa shape index (κ3) is 7.65. The van der Waals surface area contributed by atoms with Gasteiger partial charge in [-0.2, -0.15) is 4.99 Å². The molecule has 2 aliphatic heterocycles. The highest BCUT2D eigenvalue weighted by atomic mass is 19.1. The number of benzene rings is 3. The van der Waals surface area contributed by atoms with Crippen molar-refractivity contribution in [2.45, 2.75) is 25.3 Å². The van der Waals surface area contributed by atoms with Crippen LogP contribution in [0.15, 0.2) is 59.6 Å². The van der Waals surface area contributed by atoms with Crippen molar-refractivity contribution >= 4 is 34.8 Å². The predicted octanol–water partition coefficient (Wildman–Crippen LogP) is 3.44. The number of amides is 1. The van der Waals surface area contributed by atoms with Crippen molar-refractivity contribution in [3.63, 3.8) is 0 Å². The van der Waals surface area contributed by atoms with E-state index in [0.717, 1.165) is 24.6 Å². The lowest BCUT2D eigenvalue weighted by atomic mass is 10.0. The number of nitrogens with one attached hydrogen (secondary N) is 1. The molecule has 3 aromatic carbocycles. The molecule has 2 aliphatic rings. The molecule has 2 heterocycles. The number of hydrogen-bond acceptors (Lipinski definition) is 7. The molecule has 0 saturated carbocycles. The number of nitrogens with zero attached hydrogens (tertiary/aromatic N) is 3. The molecule has 0 bridgehead atoms. The fourth-order valence-corrected chi connectivity index (χ4v) is 5.39. The number of carboxylic acid groups (broad SMARTS) is 1. The summed E-state index contributed by atoms with van der Waals surface area (Å²) in [6.45, 7) is 2.90. The summed E-state index contributed by atoms with van der Waals surface area (Å²) in [5.74, 6) is -2.87. The molecule has 0 radical (unpaired) electrons. The third-order valence-electron chi connectivity index (χ3n) is 7.54. The van der Waals surface area contributed by atoms with Crippen molar-refractivity contribution < 1.29 is 28.2 Å². The van der Waals surface area contributed by atoms with E-state index in [1.54, 1.807) is 24.3 Å². The lowest BCUT2D eigenvalue weighted by molar-refractivity contribution is -0.138. The minimum Gasteiger partial charge on any atom is -0.480 e. The maximum atomic E-state index is 13.7. The van der Waals surface area contributed by atoms with Gasteiger partial charge in [0.2, 0.25) is 0 Å². The van der Waals surface area contributed by atoms with Gasteiger partial charge in [-0.15, -0.1) is 0 Å². The molecule has 1 amide bonds. The average molecular weight is 593 g/mol. The molecule has 3 aromatic rings. The molecular formula is C31H34F2N6O4. The molecular weight excluding hydrogens is 558 g/mol. The SMILES string of the molecule is NC(=NC(=O)c1ccc(N2CCN(CC(=O)O)C2)cc1NC1CCOCC1)c1cc(Cc2cc(F)cc(F)c2)ccc1N. The number of anilines is 3. The Morgan fingerprint density at radius 1 is 0.977 bits per heavy atom. The summed E-state index contributed by atoms with van der Waals surface area (Å²) >= 11 is 0. The van der Waals surface area contributed by atoms with Crippen LogP contribution in [0.2, 0.25) is 0 Å². The lowest BCUT2D eigenvalue weighted by Gasteiger charge is -2.26. The molecule has 6 N–H and O–H groups in total. The van der Waals surface area contributed by atoms with Gasteiger partial charge in [-0.1, -0.05) is 6.07 Å². The van der Waals surface area contributed by atoms with Crippen LogP contribution in [0.1, 0.15) is 39.9 Å². The molecule has 226 valence electrons. The summed E-state index contributed by atoms with van der Waals surface area (Å²) in [6, 6.07) is 13.8. The average Bonchev–Trinajstić information content (AvgIpc) is 3.42. The van der Waals surface area contributed by atoms with Crippen LogP contribution in [-0.4, -0.2) is 73.3 Å². The Bertz CT molecular complexity index is 1520. The molecule has 0 aromatic heterocycles. The van der Waals surface area contributed by atoms with Gasteiger partial charge in [0.25, 0.3) is 5.91 Å². The first-order chi connectivity index (χ1) is 20.6. The van der Waals surface area contributed by atoms with Gasteiger partial charge in [-0.05, 0) is 72.9 Å². The quantitative estimate of drug-likeness (QED) is 0.167. The van der Waals surface area contributed by atoms with Gasteiger partial charge in [-0.3, -0.25) is 14.5 Å². The summed E-state index contributed by atoms with van der Waals surface area (Å²) in [5, 5.41) is 12.6. The molecule has 43 heavy (non-hydrogen) atoms. The summed E-state index contributed by atoms with van der Waals surface area (Å²) in [4.78, 5) is 32.7. The molecule has 12 heteroatoms. The number of hydrogen-bond donors (Lipinski definition) is 4. The van der Waals surface area contributed by atoms with Crippen LogP contribution in [0.5, 0.6) is 0 Å². The van der Waals surface area contributed by atoms with Gasteiger partial charge in [0, 0.05) is 61.0 Å². The molecule has 2 fully saturated rings. The number of nitrogens with two attached hydrogens (primary N) is 2. The monoisotopic (exact) mass is 592 g/mol. The highest BCUT2D eigenvalue weighted by molar-refractivity contribution is 6.12. The largest absolute Gasteiger partial charge is 0.480 e. The van der Waals surface area contributed by atoms with E-state index in [1.165, 1.54) is 12.1 Å². The van der Waals surface area contributed by atoms with E-state index in [9.17, 15) is 18.4 Å². The number of carbonyl (C=O) groups is 2. The van der Waals surface area contributed by atoms with E-state index in [1.807, 2.05) is 17.0 Å². The Hall–Kier alpha value is -4.55. The standard InChI is InChI=1S/C31H34F2N6O4/c32-21-12-20(13-22(33)15-21)11-19-1-4-27(34)26(14-19)30(35)37-31(42)25-3-2-24(39-8-7-38(18-39)17-29(40)41)16-28(25)36-23-5-9-43-10-6-23/h1-4,12-16,23,36H,5-11,17-18,34H2,(H,40,41)(H2,35,37,42). The number of aliphatic carboxylic acids is 1.